The molecule has 0 radical (unpaired) electrons. The van der Waals surface area contributed by atoms with Crippen LogP contribution in [-0.4, -0.2) is 122 Å². The van der Waals surface area contributed by atoms with Gasteiger partial charge in [-0.1, -0.05) is 141 Å². The molecule has 2 amide bonds. The summed E-state index contributed by atoms with van der Waals surface area (Å²) in [5, 5.41) is 5.61. The van der Waals surface area contributed by atoms with Gasteiger partial charge in [-0.05, 0) is 64.2 Å². The van der Waals surface area contributed by atoms with Gasteiger partial charge in [0.05, 0.1) is 0 Å². The molecule has 0 aromatic carbocycles. The number of rotatable bonds is 42. The summed E-state index contributed by atoms with van der Waals surface area (Å²) in [6.07, 6.45) is 22.3. The van der Waals surface area contributed by atoms with Gasteiger partial charge in [0.1, 0.15) is 12.2 Å². The maximum atomic E-state index is 13.3. The molecule has 0 saturated carbocycles. The van der Waals surface area contributed by atoms with E-state index in [0.717, 1.165) is 119 Å². The molecule has 0 spiro atoms. The minimum Gasteiger partial charge on any atom is -0.456 e. The first kappa shape index (κ1) is 70.2. The summed E-state index contributed by atoms with van der Waals surface area (Å²) in [5.41, 5.74) is 0. The van der Waals surface area contributed by atoms with Gasteiger partial charge in [-0.25, -0.2) is 0 Å². The highest BCUT2D eigenvalue weighted by Crippen LogP contribution is 2.35. The number of nitrogens with one attached hydrogen (secondary N) is 2. The molecular formula is C60H100N2O17. The number of unbranched alkanes of at least 4 members (excludes halogenated alkanes) is 22. The van der Waals surface area contributed by atoms with Crippen molar-refractivity contribution >= 4 is 47.6 Å². The summed E-state index contributed by atoms with van der Waals surface area (Å²) in [7, 11) is 0. The Bertz CT molecular complexity index is 1710. The summed E-state index contributed by atoms with van der Waals surface area (Å²) in [5.74, 6) is -5.82. The molecule has 2 saturated heterocycles. The van der Waals surface area contributed by atoms with E-state index in [1.807, 2.05) is 0 Å². The lowest BCUT2D eigenvalue weighted by Crippen LogP contribution is -2.67. The SMILES string of the molecule is CCCCCCCC/C=C\CCCCCCCC(=O)NC[C@H]1O[C@H](O[C@H]2O[C@H](CNC(=O)CCCCCCC/C=C\CCCCCCCC)[C@@H](OC(C)=O)[C@H](OC(C)=O)[C@H]2OC(C)=O)[C@H](OC(C)=O)[C@@H](OC(C)=O)[C@@H]1OC(C)=O. The lowest BCUT2D eigenvalue weighted by Gasteiger charge is -2.48. The Morgan fingerprint density at radius 1 is 0.342 bits per heavy atom. The van der Waals surface area contributed by atoms with Gasteiger partial charge in [0.2, 0.25) is 24.4 Å². The van der Waals surface area contributed by atoms with Crippen molar-refractivity contribution in [3.05, 3.63) is 24.3 Å². The molecule has 2 aliphatic rings. The molecule has 0 aromatic heterocycles. The van der Waals surface area contributed by atoms with Crippen LogP contribution < -0.4 is 10.6 Å². The first-order valence-corrected chi connectivity index (χ1v) is 29.8. The van der Waals surface area contributed by atoms with Gasteiger partial charge in [-0.2, -0.15) is 0 Å². The largest absolute Gasteiger partial charge is 0.456 e. The average molecular weight is 1120 g/mol. The smallest absolute Gasteiger partial charge is 0.303 e. The van der Waals surface area contributed by atoms with Crippen LogP contribution in [-0.2, 0) is 81.0 Å². The Morgan fingerprint density at radius 3 is 0.886 bits per heavy atom. The van der Waals surface area contributed by atoms with E-state index in [-0.39, 0.29) is 37.7 Å². The molecule has 2 N–H and O–H groups in total. The fraction of sp³-hybridized carbons (Fsp3) is 0.800. The third-order valence-electron chi connectivity index (χ3n) is 13.6. The predicted octanol–water partition coefficient (Wildman–Crippen LogP) is 10.4. The summed E-state index contributed by atoms with van der Waals surface area (Å²) in [4.78, 5) is 103. The van der Waals surface area contributed by atoms with E-state index >= 15 is 0 Å². The summed E-state index contributed by atoms with van der Waals surface area (Å²) in [6.45, 7) is 10.4. The number of carbonyl (C=O) groups excluding carboxylic acids is 8. The van der Waals surface area contributed by atoms with E-state index < -0.39 is 97.2 Å². The van der Waals surface area contributed by atoms with Crippen molar-refractivity contribution in [3.8, 4) is 0 Å². The number of ether oxygens (including phenoxy) is 9. The van der Waals surface area contributed by atoms with Gasteiger partial charge in [-0.3, -0.25) is 38.4 Å². The topological polar surface area (TPSA) is 244 Å². The zero-order valence-electron chi connectivity index (χ0n) is 49.2. The molecule has 10 atom stereocenters. The van der Waals surface area contributed by atoms with Crippen molar-refractivity contribution in [2.24, 2.45) is 0 Å². The number of esters is 6. The first-order valence-electron chi connectivity index (χ1n) is 29.8. The fourth-order valence-electron chi connectivity index (χ4n) is 9.71. The van der Waals surface area contributed by atoms with Crippen LogP contribution in [0.25, 0.3) is 0 Å². The first-order chi connectivity index (χ1) is 38.0. The van der Waals surface area contributed by atoms with Crippen LogP contribution in [0.15, 0.2) is 24.3 Å². The van der Waals surface area contributed by atoms with Crippen molar-refractivity contribution in [2.45, 2.75) is 297 Å². The Hall–Kier alpha value is -4.88. The van der Waals surface area contributed by atoms with Crippen LogP contribution in [0.2, 0.25) is 0 Å². The van der Waals surface area contributed by atoms with Gasteiger partial charge >= 0.3 is 35.8 Å². The van der Waals surface area contributed by atoms with Gasteiger partial charge < -0.3 is 53.3 Å². The minimum atomic E-state index is -1.80. The lowest BCUT2D eigenvalue weighted by atomic mass is 9.96. The second kappa shape index (κ2) is 42.9. The Balaban J connectivity index is 2.23. The molecule has 0 aromatic rings. The van der Waals surface area contributed by atoms with Gasteiger partial charge in [0, 0.05) is 67.5 Å². The summed E-state index contributed by atoms with van der Waals surface area (Å²) in [6, 6.07) is 0. The molecule has 0 unspecified atom stereocenters. The van der Waals surface area contributed by atoms with Crippen LogP contribution in [0.5, 0.6) is 0 Å². The quantitative estimate of drug-likeness (QED) is 0.0250. The van der Waals surface area contributed by atoms with Crippen molar-refractivity contribution in [2.75, 3.05) is 13.1 Å². The number of hydrogen-bond donors (Lipinski definition) is 2. The van der Waals surface area contributed by atoms with E-state index in [4.69, 9.17) is 42.6 Å². The van der Waals surface area contributed by atoms with Crippen LogP contribution in [0.1, 0.15) is 235 Å². The molecular weight excluding hydrogens is 1020 g/mol. The van der Waals surface area contributed by atoms with Crippen molar-refractivity contribution in [3.63, 3.8) is 0 Å². The number of allylic oxidation sites excluding steroid dienone is 4. The monoisotopic (exact) mass is 1120 g/mol. The minimum absolute atomic E-state index is 0.183. The maximum absolute atomic E-state index is 13.3. The molecule has 452 valence electrons. The maximum Gasteiger partial charge on any atom is 0.303 e. The van der Waals surface area contributed by atoms with Crippen molar-refractivity contribution in [1.29, 1.82) is 0 Å². The van der Waals surface area contributed by atoms with Crippen molar-refractivity contribution < 1.29 is 81.0 Å². The summed E-state index contributed by atoms with van der Waals surface area (Å²) >= 11 is 0. The van der Waals surface area contributed by atoms with Gasteiger partial charge in [0.25, 0.3) is 0 Å². The molecule has 79 heavy (non-hydrogen) atoms. The predicted molar refractivity (Wildman–Crippen MR) is 297 cm³/mol. The summed E-state index contributed by atoms with van der Waals surface area (Å²) < 4.78 is 53.0. The number of hydrogen-bond acceptors (Lipinski definition) is 17. The standard InChI is InChI=1S/C60H100N2O17/c1-9-11-13-15-17-19-21-23-25-27-29-31-33-35-37-39-51(69)61-41-49-53(71-43(3)63)55(73-45(5)65)57(75-47(7)67)59(77-49)79-60-58(76-48(8)68)56(74-46(6)66)54(72-44(4)64)50(78-60)42-62-52(70)40-38-36-34-32-30-28-26-24-22-20-18-16-14-12-10-2/h23-26,49-50,53-60H,9-22,27-42H2,1-8H3,(H,61,69)(H,62,70)/b25-23-,26-24-/t49-,50-,53-,54-,55+,56+,57-,58-,59-,60-/m1/s1. The van der Waals surface area contributed by atoms with Gasteiger partial charge in [-0.15, -0.1) is 0 Å². The Morgan fingerprint density at radius 2 is 0.595 bits per heavy atom. The highest BCUT2D eigenvalue weighted by molar-refractivity contribution is 5.76. The molecule has 0 aliphatic carbocycles. The number of amides is 2. The zero-order valence-corrected chi connectivity index (χ0v) is 49.2. The zero-order chi connectivity index (χ0) is 58.2. The third kappa shape index (κ3) is 32.2. The van der Waals surface area contributed by atoms with E-state index in [1.54, 1.807) is 0 Å². The highest BCUT2D eigenvalue weighted by Gasteiger charge is 2.57. The normalized spacial score (nSPS) is 22.9. The van der Waals surface area contributed by atoms with Crippen LogP contribution in [0, 0.1) is 0 Å². The molecule has 2 fully saturated rings. The molecule has 19 heteroatoms. The molecule has 2 heterocycles. The Kier molecular flexibility index (Phi) is 38.2. The fourth-order valence-corrected chi connectivity index (χ4v) is 9.71. The van der Waals surface area contributed by atoms with E-state index in [2.05, 4.69) is 48.8 Å². The van der Waals surface area contributed by atoms with Crippen LogP contribution in [0.3, 0.4) is 0 Å². The van der Waals surface area contributed by atoms with Crippen LogP contribution >= 0.6 is 0 Å². The number of carbonyl (C=O) groups is 8. The average Bonchev–Trinajstić information content (AvgIpc) is 3.38. The second-order valence-electron chi connectivity index (χ2n) is 20.9. The van der Waals surface area contributed by atoms with Crippen molar-refractivity contribution in [1.82, 2.24) is 10.6 Å². The third-order valence-corrected chi connectivity index (χ3v) is 13.6. The molecule has 2 aliphatic heterocycles. The van der Waals surface area contributed by atoms with Gasteiger partial charge in [0.15, 0.2) is 36.6 Å². The Labute approximate surface area is 471 Å². The van der Waals surface area contributed by atoms with E-state index in [1.165, 1.54) is 77.0 Å². The van der Waals surface area contributed by atoms with Crippen LogP contribution in [0.4, 0.5) is 0 Å². The lowest BCUT2D eigenvalue weighted by molar-refractivity contribution is -0.373. The second-order valence-corrected chi connectivity index (χ2v) is 20.9. The van der Waals surface area contributed by atoms with E-state index in [0.29, 0.717) is 12.8 Å². The molecule has 0 bridgehead atoms. The molecule has 19 nitrogen and oxygen atoms in total. The van der Waals surface area contributed by atoms with E-state index in [9.17, 15) is 38.4 Å². The molecule has 2 rings (SSSR count). The highest BCUT2D eigenvalue weighted by atomic mass is 16.8.